The van der Waals surface area contributed by atoms with Gasteiger partial charge in [0.2, 0.25) is 5.88 Å². The van der Waals surface area contributed by atoms with E-state index in [-0.39, 0.29) is 12.0 Å². The number of anilines is 1. The first kappa shape index (κ1) is 14.6. The lowest BCUT2D eigenvalue weighted by atomic mass is 9.78. The fraction of sp³-hybridized carbons (Fsp3) is 0.643. The molecule has 20 heavy (non-hydrogen) atoms. The first-order valence-corrected chi connectivity index (χ1v) is 6.89. The van der Waals surface area contributed by atoms with E-state index in [4.69, 9.17) is 4.74 Å². The summed E-state index contributed by atoms with van der Waals surface area (Å²) in [6.45, 7) is 0. The molecule has 0 aromatic carbocycles. The van der Waals surface area contributed by atoms with Crippen molar-refractivity contribution in [2.75, 3.05) is 19.1 Å². The van der Waals surface area contributed by atoms with Crippen molar-refractivity contribution in [1.29, 1.82) is 0 Å². The fourth-order valence-corrected chi connectivity index (χ4v) is 2.99. The minimum absolute atomic E-state index is 0.135. The third kappa shape index (κ3) is 3.00. The van der Waals surface area contributed by atoms with Crippen molar-refractivity contribution < 1.29 is 14.6 Å². The van der Waals surface area contributed by atoms with Crippen LogP contribution in [-0.2, 0) is 4.79 Å². The normalized spacial score (nSPS) is 17.5. The Hall–Kier alpha value is -1.85. The van der Waals surface area contributed by atoms with Gasteiger partial charge in [-0.1, -0.05) is 19.3 Å². The molecule has 0 spiro atoms. The van der Waals surface area contributed by atoms with Gasteiger partial charge in [0.25, 0.3) is 0 Å². The third-order valence-electron chi connectivity index (χ3n) is 4.16. The number of hydrogen-bond acceptors (Lipinski definition) is 5. The van der Waals surface area contributed by atoms with E-state index in [2.05, 4.69) is 9.97 Å². The number of aliphatic carboxylic acids is 1. The van der Waals surface area contributed by atoms with Crippen LogP contribution < -0.4 is 9.64 Å². The quantitative estimate of drug-likeness (QED) is 0.889. The minimum Gasteiger partial charge on any atom is -0.481 e. The summed E-state index contributed by atoms with van der Waals surface area (Å²) >= 11 is 0. The highest BCUT2D eigenvalue weighted by atomic mass is 16.5. The number of nitrogens with zero attached hydrogens (tertiary/aromatic N) is 3. The first-order valence-electron chi connectivity index (χ1n) is 6.89. The molecule has 1 aromatic heterocycles. The van der Waals surface area contributed by atoms with Gasteiger partial charge in [-0.3, -0.25) is 4.79 Å². The predicted octanol–water partition coefficient (Wildman–Crippen LogP) is 2.10. The summed E-state index contributed by atoms with van der Waals surface area (Å²) in [5.74, 6) is 0.433. The molecule has 1 aliphatic rings. The summed E-state index contributed by atoms with van der Waals surface area (Å²) in [6, 6.07) is 1.75. The summed E-state index contributed by atoms with van der Waals surface area (Å²) in [5, 5.41) is 9.24. The molecule has 0 atom stereocenters. The van der Waals surface area contributed by atoms with Crippen LogP contribution in [-0.4, -0.2) is 40.7 Å². The average Bonchev–Trinajstić information content (AvgIpc) is 2.46. The SMILES string of the molecule is COc1cc(N(C)C2(CC(=O)O)CCCCC2)ncn1. The maximum atomic E-state index is 11.2. The molecule has 1 saturated carbocycles. The molecule has 0 aliphatic heterocycles. The zero-order chi connectivity index (χ0) is 14.6. The monoisotopic (exact) mass is 279 g/mol. The number of rotatable bonds is 5. The molecule has 1 fully saturated rings. The van der Waals surface area contributed by atoms with E-state index in [1.165, 1.54) is 12.7 Å². The van der Waals surface area contributed by atoms with E-state index in [1.807, 2.05) is 11.9 Å². The Morgan fingerprint density at radius 2 is 2.10 bits per heavy atom. The summed E-state index contributed by atoms with van der Waals surface area (Å²) in [4.78, 5) is 21.5. The van der Waals surface area contributed by atoms with E-state index < -0.39 is 5.97 Å². The first-order chi connectivity index (χ1) is 9.57. The topological polar surface area (TPSA) is 75.5 Å². The zero-order valence-electron chi connectivity index (χ0n) is 12.0. The van der Waals surface area contributed by atoms with Crippen molar-refractivity contribution in [3.8, 4) is 5.88 Å². The van der Waals surface area contributed by atoms with E-state index in [0.717, 1.165) is 25.7 Å². The third-order valence-corrected chi connectivity index (χ3v) is 4.16. The number of hydrogen-bond donors (Lipinski definition) is 1. The van der Waals surface area contributed by atoms with E-state index in [0.29, 0.717) is 11.7 Å². The van der Waals surface area contributed by atoms with Crippen LogP contribution in [0.25, 0.3) is 0 Å². The van der Waals surface area contributed by atoms with Gasteiger partial charge in [0.15, 0.2) is 0 Å². The van der Waals surface area contributed by atoms with E-state index >= 15 is 0 Å². The molecule has 1 aromatic rings. The Morgan fingerprint density at radius 3 is 2.70 bits per heavy atom. The van der Waals surface area contributed by atoms with Gasteiger partial charge in [-0.15, -0.1) is 0 Å². The second-order valence-electron chi connectivity index (χ2n) is 5.33. The molecular weight excluding hydrogens is 258 g/mol. The minimum atomic E-state index is -0.764. The molecule has 1 aliphatic carbocycles. The maximum absolute atomic E-state index is 11.2. The molecule has 1 N–H and O–H groups in total. The lowest BCUT2D eigenvalue weighted by Crippen LogP contribution is -2.50. The van der Waals surface area contributed by atoms with Crippen LogP contribution in [0.3, 0.4) is 0 Å². The van der Waals surface area contributed by atoms with Crippen molar-refractivity contribution in [1.82, 2.24) is 9.97 Å². The standard InChI is InChI=1S/C14H21N3O3/c1-17(11-8-12(20-2)16-10-15-11)14(9-13(18)19)6-4-3-5-7-14/h8,10H,3-7,9H2,1-2H3,(H,18,19). The number of carboxylic acid groups (broad SMARTS) is 1. The highest BCUT2D eigenvalue weighted by Gasteiger charge is 2.39. The fourth-order valence-electron chi connectivity index (χ4n) is 2.99. The molecule has 2 rings (SSSR count). The van der Waals surface area contributed by atoms with Crippen molar-refractivity contribution in [3.05, 3.63) is 12.4 Å². The number of aromatic nitrogens is 2. The van der Waals surface area contributed by atoms with Crippen molar-refractivity contribution in [2.45, 2.75) is 44.1 Å². The maximum Gasteiger partial charge on any atom is 0.305 e. The highest BCUT2D eigenvalue weighted by Crippen LogP contribution is 2.38. The average molecular weight is 279 g/mol. The lowest BCUT2D eigenvalue weighted by molar-refractivity contribution is -0.138. The van der Waals surface area contributed by atoms with Gasteiger partial charge in [-0.25, -0.2) is 9.97 Å². The van der Waals surface area contributed by atoms with Crippen LogP contribution >= 0.6 is 0 Å². The molecule has 0 unspecified atom stereocenters. The number of methoxy groups -OCH3 is 1. The molecule has 6 heteroatoms. The number of ether oxygens (including phenoxy) is 1. The van der Waals surface area contributed by atoms with Gasteiger partial charge < -0.3 is 14.7 Å². The lowest BCUT2D eigenvalue weighted by Gasteiger charge is -2.44. The Bertz CT molecular complexity index is 472. The second-order valence-corrected chi connectivity index (χ2v) is 5.33. The second kappa shape index (κ2) is 6.07. The zero-order valence-corrected chi connectivity index (χ0v) is 12.0. The van der Waals surface area contributed by atoms with Crippen LogP contribution in [0.2, 0.25) is 0 Å². The predicted molar refractivity (Wildman–Crippen MR) is 75.1 cm³/mol. The van der Waals surface area contributed by atoms with Gasteiger partial charge in [0.1, 0.15) is 12.1 Å². The largest absolute Gasteiger partial charge is 0.481 e. The summed E-state index contributed by atoms with van der Waals surface area (Å²) in [5.41, 5.74) is -0.358. The van der Waals surface area contributed by atoms with Gasteiger partial charge in [0, 0.05) is 13.1 Å². The Morgan fingerprint density at radius 1 is 1.40 bits per heavy atom. The Balaban J connectivity index is 2.29. The van der Waals surface area contributed by atoms with Gasteiger partial charge in [-0.05, 0) is 12.8 Å². The molecule has 1 heterocycles. The van der Waals surface area contributed by atoms with E-state index in [9.17, 15) is 9.90 Å². The molecule has 110 valence electrons. The summed E-state index contributed by atoms with van der Waals surface area (Å²) < 4.78 is 5.11. The molecule has 6 nitrogen and oxygen atoms in total. The van der Waals surface area contributed by atoms with Crippen LogP contribution in [0.5, 0.6) is 5.88 Å². The Labute approximate surface area is 118 Å². The van der Waals surface area contributed by atoms with Crippen LogP contribution in [0.1, 0.15) is 38.5 Å². The summed E-state index contributed by atoms with van der Waals surface area (Å²) in [7, 11) is 3.47. The molecule has 0 saturated heterocycles. The summed E-state index contributed by atoms with van der Waals surface area (Å²) in [6.07, 6.45) is 6.62. The molecule has 0 bridgehead atoms. The van der Waals surface area contributed by atoms with Gasteiger partial charge in [-0.2, -0.15) is 0 Å². The molecule has 0 amide bonds. The highest BCUT2D eigenvalue weighted by molar-refractivity contribution is 5.69. The smallest absolute Gasteiger partial charge is 0.305 e. The molecule has 0 radical (unpaired) electrons. The van der Waals surface area contributed by atoms with E-state index in [1.54, 1.807) is 13.2 Å². The number of carbonyl (C=O) groups is 1. The number of carboxylic acids is 1. The van der Waals surface area contributed by atoms with Crippen molar-refractivity contribution in [2.24, 2.45) is 0 Å². The van der Waals surface area contributed by atoms with Crippen LogP contribution in [0.4, 0.5) is 5.82 Å². The van der Waals surface area contributed by atoms with Crippen LogP contribution in [0, 0.1) is 0 Å². The van der Waals surface area contributed by atoms with Crippen molar-refractivity contribution >= 4 is 11.8 Å². The van der Waals surface area contributed by atoms with Gasteiger partial charge >= 0.3 is 5.97 Å². The van der Waals surface area contributed by atoms with Crippen molar-refractivity contribution in [3.63, 3.8) is 0 Å². The van der Waals surface area contributed by atoms with Crippen LogP contribution in [0.15, 0.2) is 12.4 Å². The van der Waals surface area contributed by atoms with Gasteiger partial charge in [0.05, 0.1) is 19.1 Å². The Kier molecular flexibility index (Phi) is 4.42. The molecular formula is C14H21N3O3.